The summed E-state index contributed by atoms with van der Waals surface area (Å²) >= 11 is 0. The Hall–Kier alpha value is -2.38. The second-order valence-corrected chi connectivity index (χ2v) is 10.0. The van der Waals surface area contributed by atoms with Crippen LogP contribution in [0.4, 0.5) is 5.69 Å². The van der Waals surface area contributed by atoms with Crippen molar-refractivity contribution in [1.82, 2.24) is 10.2 Å². The Morgan fingerprint density at radius 2 is 1.61 bits per heavy atom. The first-order valence-corrected chi connectivity index (χ1v) is 12.9. The zero-order chi connectivity index (χ0) is 22.3. The fraction of sp³-hybridized carbons (Fsp3) is 0.458. The van der Waals surface area contributed by atoms with Gasteiger partial charge in [-0.15, -0.1) is 0 Å². The summed E-state index contributed by atoms with van der Waals surface area (Å²) in [6, 6.07) is 16.1. The molecule has 1 atom stereocenters. The number of hydrogen-bond acceptors (Lipinski definition) is 4. The molecule has 0 aliphatic carbocycles. The van der Waals surface area contributed by atoms with Crippen LogP contribution in [-0.2, 0) is 27.9 Å². The Bertz CT molecular complexity index is 957. The van der Waals surface area contributed by atoms with Gasteiger partial charge in [0.25, 0.3) is 0 Å². The fourth-order valence-corrected chi connectivity index (χ4v) is 5.39. The highest BCUT2D eigenvalue weighted by Crippen LogP contribution is 2.22. The van der Waals surface area contributed by atoms with Gasteiger partial charge >= 0.3 is 0 Å². The van der Waals surface area contributed by atoms with E-state index in [1.807, 2.05) is 31.2 Å². The molecule has 0 bridgehead atoms. The standard InChI is InChI=1S/C24H33N3O3S/c1-3-23(27(31(2,29)30)22-14-6-4-7-15-22)24(28)25-18-20-12-8-9-13-21(20)19-26-16-10-5-11-17-26/h4,6-9,12-15,23H,3,5,10-11,16-19H2,1-2H3,(H,25,28)/t23-/m1/s1. The number of amides is 1. The number of rotatable bonds is 9. The van der Waals surface area contributed by atoms with E-state index in [1.54, 1.807) is 24.3 Å². The minimum absolute atomic E-state index is 0.287. The zero-order valence-corrected chi connectivity index (χ0v) is 19.3. The number of likely N-dealkylation sites (tertiary alicyclic amines) is 1. The zero-order valence-electron chi connectivity index (χ0n) is 18.5. The Morgan fingerprint density at radius 1 is 1.00 bits per heavy atom. The van der Waals surface area contributed by atoms with E-state index >= 15 is 0 Å². The normalized spacial score (nSPS) is 15.9. The van der Waals surface area contributed by atoms with E-state index in [0.717, 1.165) is 31.5 Å². The van der Waals surface area contributed by atoms with Crippen molar-refractivity contribution in [3.8, 4) is 0 Å². The lowest BCUT2D eigenvalue weighted by molar-refractivity contribution is -0.122. The molecular formula is C24H33N3O3S. The molecule has 1 saturated heterocycles. The first kappa shape index (κ1) is 23.3. The van der Waals surface area contributed by atoms with Crippen molar-refractivity contribution in [3.63, 3.8) is 0 Å². The van der Waals surface area contributed by atoms with Gasteiger partial charge in [0, 0.05) is 13.1 Å². The van der Waals surface area contributed by atoms with Crippen molar-refractivity contribution in [2.24, 2.45) is 0 Å². The molecule has 1 N–H and O–H groups in total. The molecule has 1 fully saturated rings. The van der Waals surface area contributed by atoms with Crippen LogP contribution in [0.25, 0.3) is 0 Å². The number of carbonyl (C=O) groups is 1. The molecule has 0 unspecified atom stereocenters. The summed E-state index contributed by atoms with van der Waals surface area (Å²) in [7, 11) is -3.62. The summed E-state index contributed by atoms with van der Waals surface area (Å²) in [5, 5.41) is 2.99. The maximum absolute atomic E-state index is 13.1. The molecule has 2 aromatic rings. The molecule has 6 nitrogen and oxygen atoms in total. The molecule has 2 aromatic carbocycles. The summed E-state index contributed by atoms with van der Waals surface area (Å²) in [6.07, 6.45) is 5.29. The van der Waals surface area contributed by atoms with Crippen LogP contribution < -0.4 is 9.62 Å². The van der Waals surface area contributed by atoms with E-state index in [9.17, 15) is 13.2 Å². The molecule has 31 heavy (non-hydrogen) atoms. The lowest BCUT2D eigenvalue weighted by Gasteiger charge is -2.30. The summed E-state index contributed by atoms with van der Waals surface area (Å²) in [5.41, 5.74) is 2.78. The number of anilines is 1. The summed E-state index contributed by atoms with van der Waals surface area (Å²) in [4.78, 5) is 15.5. The molecule has 7 heteroatoms. The number of carbonyl (C=O) groups excluding carboxylic acids is 1. The van der Waals surface area contributed by atoms with E-state index in [-0.39, 0.29) is 5.91 Å². The van der Waals surface area contributed by atoms with Crippen LogP contribution in [0.15, 0.2) is 54.6 Å². The lowest BCUT2D eigenvalue weighted by Crippen LogP contribution is -2.49. The maximum atomic E-state index is 13.1. The van der Waals surface area contributed by atoms with Crippen molar-refractivity contribution in [1.29, 1.82) is 0 Å². The minimum atomic E-state index is -3.62. The van der Waals surface area contributed by atoms with Crippen LogP contribution in [0.5, 0.6) is 0 Å². The lowest BCUT2D eigenvalue weighted by atomic mass is 10.0. The van der Waals surface area contributed by atoms with Gasteiger partial charge in [-0.3, -0.25) is 14.0 Å². The van der Waals surface area contributed by atoms with Gasteiger partial charge in [0.05, 0.1) is 11.9 Å². The largest absolute Gasteiger partial charge is 0.350 e. The van der Waals surface area contributed by atoms with Gasteiger partial charge in [-0.05, 0) is 55.6 Å². The van der Waals surface area contributed by atoms with E-state index in [2.05, 4.69) is 16.3 Å². The molecular weight excluding hydrogens is 410 g/mol. The van der Waals surface area contributed by atoms with Crippen molar-refractivity contribution >= 4 is 21.6 Å². The van der Waals surface area contributed by atoms with E-state index in [0.29, 0.717) is 18.7 Å². The van der Waals surface area contributed by atoms with Gasteiger partial charge in [0.1, 0.15) is 6.04 Å². The number of para-hydroxylation sites is 1. The highest BCUT2D eigenvalue weighted by molar-refractivity contribution is 7.92. The van der Waals surface area contributed by atoms with Crippen LogP contribution in [0.3, 0.4) is 0 Å². The van der Waals surface area contributed by atoms with E-state index < -0.39 is 16.1 Å². The number of benzene rings is 2. The highest BCUT2D eigenvalue weighted by atomic mass is 32.2. The van der Waals surface area contributed by atoms with Gasteiger partial charge in [-0.2, -0.15) is 0 Å². The highest BCUT2D eigenvalue weighted by Gasteiger charge is 2.31. The summed E-state index contributed by atoms with van der Waals surface area (Å²) in [6.45, 7) is 5.31. The summed E-state index contributed by atoms with van der Waals surface area (Å²) in [5.74, 6) is -0.287. The molecule has 0 radical (unpaired) electrons. The molecule has 1 heterocycles. The van der Waals surface area contributed by atoms with Gasteiger partial charge in [0.2, 0.25) is 15.9 Å². The average Bonchev–Trinajstić information content (AvgIpc) is 2.77. The number of piperidine rings is 1. The van der Waals surface area contributed by atoms with Crippen molar-refractivity contribution in [3.05, 3.63) is 65.7 Å². The molecule has 1 aliphatic heterocycles. The molecule has 1 aliphatic rings. The van der Waals surface area contributed by atoms with E-state index in [4.69, 9.17) is 0 Å². The smallest absolute Gasteiger partial charge is 0.244 e. The predicted molar refractivity (Wildman–Crippen MR) is 125 cm³/mol. The molecule has 0 spiro atoms. The first-order chi connectivity index (χ1) is 14.9. The molecule has 0 aromatic heterocycles. The van der Waals surface area contributed by atoms with Crippen LogP contribution in [0, 0.1) is 0 Å². The minimum Gasteiger partial charge on any atom is -0.350 e. The average molecular weight is 444 g/mol. The van der Waals surface area contributed by atoms with Crippen LogP contribution in [-0.4, -0.2) is 44.6 Å². The SMILES string of the molecule is CC[C@H](C(=O)NCc1ccccc1CN1CCCCC1)N(c1ccccc1)S(C)(=O)=O. The molecule has 168 valence electrons. The maximum Gasteiger partial charge on any atom is 0.244 e. The van der Waals surface area contributed by atoms with Gasteiger partial charge in [-0.25, -0.2) is 8.42 Å². The fourth-order valence-electron chi connectivity index (χ4n) is 4.18. The van der Waals surface area contributed by atoms with Crippen LogP contribution in [0.2, 0.25) is 0 Å². The quantitative estimate of drug-likeness (QED) is 0.644. The Morgan fingerprint density at radius 3 is 2.23 bits per heavy atom. The monoisotopic (exact) mass is 443 g/mol. The second kappa shape index (κ2) is 10.8. The molecule has 1 amide bonds. The third-order valence-electron chi connectivity index (χ3n) is 5.75. The number of nitrogens with one attached hydrogen (secondary N) is 1. The Kier molecular flexibility index (Phi) is 8.09. The van der Waals surface area contributed by atoms with Crippen molar-refractivity contribution in [2.75, 3.05) is 23.7 Å². The van der Waals surface area contributed by atoms with Crippen LogP contribution >= 0.6 is 0 Å². The second-order valence-electron chi connectivity index (χ2n) is 8.14. The first-order valence-electron chi connectivity index (χ1n) is 11.0. The van der Waals surface area contributed by atoms with Crippen molar-refractivity contribution in [2.45, 2.75) is 51.7 Å². The third-order valence-corrected chi connectivity index (χ3v) is 6.93. The van der Waals surface area contributed by atoms with E-state index in [1.165, 1.54) is 29.1 Å². The summed E-state index contributed by atoms with van der Waals surface area (Å²) < 4.78 is 26.3. The molecule has 0 saturated carbocycles. The Labute approximate surface area is 186 Å². The number of hydrogen-bond donors (Lipinski definition) is 1. The number of sulfonamides is 1. The molecule has 3 rings (SSSR count). The third kappa shape index (κ3) is 6.31. The number of nitrogens with zero attached hydrogens (tertiary/aromatic N) is 2. The topological polar surface area (TPSA) is 69.7 Å². The van der Waals surface area contributed by atoms with Crippen molar-refractivity contribution < 1.29 is 13.2 Å². The van der Waals surface area contributed by atoms with Gasteiger partial charge in [-0.1, -0.05) is 55.8 Å². The Balaban J connectivity index is 1.73. The van der Waals surface area contributed by atoms with Gasteiger partial charge in [0.15, 0.2) is 0 Å². The van der Waals surface area contributed by atoms with Crippen LogP contribution in [0.1, 0.15) is 43.7 Å². The predicted octanol–water partition coefficient (Wildman–Crippen LogP) is 3.53. The van der Waals surface area contributed by atoms with Gasteiger partial charge < -0.3 is 5.32 Å².